The Kier molecular flexibility index (Phi) is 5.11. The molecule has 0 bridgehead atoms. The molecule has 0 atom stereocenters. The third-order valence-corrected chi connectivity index (χ3v) is 3.61. The van der Waals surface area contributed by atoms with E-state index in [1.54, 1.807) is 24.3 Å². The van der Waals surface area contributed by atoms with Crippen molar-refractivity contribution in [1.29, 1.82) is 0 Å². The Morgan fingerprint density at radius 1 is 0.889 bits per heavy atom. The smallest absolute Gasteiger partial charge is 0.433 e. The summed E-state index contributed by atoms with van der Waals surface area (Å²) >= 11 is 0. The highest BCUT2D eigenvalue weighted by Crippen LogP contribution is 2.31. The monoisotopic (exact) mass is 376 g/mol. The first-order valence-electron chi connectivity index (χ1n) is 7.76. The zero-order valence-electron chi connectivity index (χ0n) is 14.4. The number of ether oxygens (including phenoxy) is 2. The van der Waals surface area contributed by atoms with Gasteiger partial charge in [0.1, 0.15) is 35.2 Å². The van der Waals surface area contributed by atoms with E-state index in [4.69, 9.17) is 9.47 Å². The van der Waals surface area contributed by atoms with E-state index in [1.165, 1.54) is 32.7 Å². The van der Waals surface area contributed by atoms with Crippen molar-refractivity contribution < 1.29 is 22.6 Å². The van der Waals surface area contributed by atoms with Gasteiger partial charge >= 0.3 is 6.18 Å². The van der Waals surface area contributed by atoms with Crippen LogP contribution in [0.4, 0.5) is 24.8 Å². The van der Waals surface area contributed by atoms with Crippen molar-refractivity contribution in [2.45, 2.75) is 6.18 Å². The summed E-state index contributed by atoms with van der Waals surface area (Å²) in [5.41, 5.74) is 0.254. The molecule has 0 fully saturated rings. The summed E-state index contributed by atoms with van der Waals surface area (Å²) in [5.74, 6) is 1.49. The zero-order valence-corrected chi connectivity index (χ0v) is 14.4. The van der Waals surface area contributed by atoms with E-state index in [0.717, 1.165) is 6.07 Å². The van der Waals surface area contributed by atoms with E-state index in [2.05, 4.69) is 20.3 Å². The van der Waals surface area contributed by atoms with Gasteiger partial charge in [0.25, 0.3) is 0 Å². The van der Waals surface area contributed by atoms with Gasteiger partial charge in [0.15, 0.2) is 0 Å². The van der Waals surface area contributed by atoms with Crippen molar-refractivity contribution >= 4 is 11.6 Å². The van der Waals surface area contributed by atoms with E-state index in [-0.39, 0.29) is 5.82 Å². The van der Waals surface area contributed by atoms with Gasteiger partial charge in [-0.1, -0.05) is 6.07 Å². The van der Waals surface area contributed by atoms with Gasteiger partial charge in [-0.15, -0.1) is 0 Å². The van der Waals surface area contributed by atoms with Crippen molar-refractivity contribution in [2.75, 3.05) is 19.5 Å². The summed E-state index contributed by atoms with van der Waals surface area (Å²) in [4.78, 5) is 11.8. The van der Waals surface area contributed by atoms with Gasteiger partial charge in [0.05, 0.1) is 19.9 Å². The van der Waals surface area contributed by atoms with E-state index in [1.807, 2.05) is 0 Å². The molecule has 0 saturated heterocycles. The molecule has 0 spiro atoms. The van der Waals surface area contributed by atoms with Gasteiger partial charge in [-0.25, -0.2) is 15.0 Å². The Morgan fingerprint density at radius 2 is 1.59 bits per heavy atom. The molecule has 9 heteroatoms. The average Bonchev–Trinajstić information content (AvgIpc) is 2.67. The maximum absolute atomic E-state index is 12.8. The largest absolute Gasteiger partial charge is 0.497 e. The van der Waals surface area contributed by atoms with E-state index < -0.39 is 11.9 Å². The molecule has 1 N–H and O–H groups in total. The number of alkyl halides is 3. The Morgan fingerprint density at radius 3 is 2.22 bits per heavy atom. The highest BCUT2D eigenvalue weighted by molar-refractivity contribution is 5.67. The number of methoxy groups -OCH3 is 2. The van der Waals surface area contributed by atoms with Gasteiger partial charge in [-0.05, 0) is 24.3 Å². The molecular weight excluding hydrogens is 361 g/mol. The SMILES string of the molecule is COc1cc(OC)cc(-c2cc(Nc3cccc(C(F)(F)F)n3)ncn2)c1. The molecule has 0 unspecified atom stereocenters. The van der Waals surface area contributed by atoms with Crippen LogP contribution in [0.15, 0.2) is 48.8 Å². The Hall–Kier alpha value is -3.36. The molecule has 6 nitrogen and oxygen atoms in total. The first-order valence-corrected chi connectivity index (χ1v) is 7.76. The van der Waals surface area contributed by atoms with Gasteiger partial charge in [-0.3, -0.25) is 0 Å². The Bertz CT molecular complexity index is 926. The third kappa shape index (κ3) is 4.43. The lowest BCUT2D eigenvalue weighted by Gasteiger charge is -2.11. The van der Waals surface area contributed by atoms with E-state index in [0.29, 0.717) is 28.6 Å². The second-order valence-electron chi connectivity index (χ2n) is 5.42. The number of anilines is 2. The Balaban J connectivity index is 1.91. The fourth-order valence-electron chi connectivity index (χ4n) is 2.33. The number of halogens is 3. The lowest BCUT2D eigenvalue weighted by atomic mass is 10.1. The van der Waals surface area contributed by atoms with Crippen LogP contribution in [-0.2, 0) is 6.18 Å². The normalized spacial score (nSPS) is 11.1. The predicted molar refractivity (Wildman–Crippen MR) is 93.1 cm³/mol. The van der Waals surface area contributed by atoms with Crippen LogP contribution in [0, 0.1) is 0 Å². The molecule has 1 aromatic carbocycles. The number of rotatable bonds is 5. The molecule has 0 aliphatic heterocycles. The fraction of sp³-hybridized carbons (Fsp3) is 0.167. The number of hydrogen-bond donors (Lipinski definition) is 1. The van der Waals surface area contributed by atoms with Crippen LogP contribution in [0.5, 0.6) is 11.5 Å². The van der Waals surface area contributed by atoms with E-state index in [9.17, 15) is 13.2 Å². The van der Waals surface area contributed by atoms with Crippen molar-refractivity contribution in [2.24, 2.45) is 0 Å². The number of benzene rings is 1. The van der Waals surface area contributed by atoms with Crippen molar-refractivity contribution in [3.63, 3.8) is 0 Å². The lowest BCUT2D eigenvalue weighted by molar-refractivity contribution is -0.141. The summed E-state index contributed by atoms with van der Waals surface area (Å²) in [5, 5.41) is 2.76. The molecule has 27 heavy (non-hydrogen) atoms. The van der Waals surface area contributed by atoms with Crippen molar-refractivity contribution in [3.05, 3.63) is 54.5 Å². The first kappa shape index (κ1) is 18.4. The van der Waals surface area contributed by atoms with Crippen molar-refractivity contribution in [3.8, 4) is 22.8 Å². The van der Waals surface area contributed by atoms with Crippen LogP contribution in [0.2, 0.25) is 0 Å². The number of hydrogen-bond acceptors (Lipinski definition) is 6. The average molecular weight is 376 g/mol. The molecule has 3 rings (SSSR count). The van der Waals surface area contributed by atoms with Crippen LogP contribution in [0.1, 0.15) is 5.69 Å². The lowest BCUT2D eigenvalue weighted by Crippen LogP contribution is -2.09. The second kappa shape index (κ2) is 7.48. The molecule has 2 heterocycles. The van der Waals surface area contributed by atoms with Crippen LogP contribution in [-0.4, -0.2) is 29.2 Å². The molecule has 0 saturated carbocycles. The summed E-state index contributed by atoms with van der Waals surface area (Å²) in [6.07, 6.45) is -3.22. The van der Waals surface area contributed by atoms with Gasteiger partial charge in [0, 0.05) is 17.7 Å². The van der Waals surface area contributed by atoms with Crippen LogP contribution < -0.4 is 14.8 Å². The molecular formula is C18H15F3N4O2. The summed E-state index contributed by atoms with van der Waals surface area (Å²) in [6, 6.07) is 10.4. The molecule has 3 aromatic rings. The highest BCUT2D eigenvalue weighted by atomic mass is 19.4. The number of nitrogens with one attached hydrogen (secondary N) is 1. The first-order chi connectivity index (χ1) is 12.9. The standard InChI is InChI=1S/C18H15F3N4O2/c1-26-12-6-11(7-13(8-12)27-2)14-9-17(23-10-22-14)25-16-5-3-4-15(24-16)18(19,20)21/h3-10H,1-2H3,(H,22,23,24,25). The maximum atomic E-state index is 12.8. The summed E-state index contributed by atoms with van der Waals surface area (Å²) < 4.78 is 48.9. The van der Waals surface area contributed by atoms with Crippen LogP contribution in [0.25, 0.3) is 11.3 Å². The number of nitrogens with zero attached hydrogens (tertiary/aromatic N) is 3. The molecule has 0 aliphatic carbocycles. The number of pyridine rings is 1. The van der Waals surface area contributed by atoms with Crippen LogP contribution in [0.3, 0.4) is 0 Å². The number of aromatic nitrogens is 3. The maximum Gasteiger partial charge on any atom is 0.433 e. The minimum Gasteiger partial charge on any atom is -0.497 e. The molecule has 140 valence electrons. The predicted octanol–water partition coefficient (Wildman–Crippen LogP) is 4.32. The van der Waals surface area contributed by atoms with Crippen molar-refractivity contribution in [1.82, 2.24) is 15.0 Å². The summed E-state index contributed by atoms with van der Waals surface area (Å²) in [7, 11) is 3.07. The minimum absolute atomic E-state index is 0.0256. The van der Waals surface area contributed by atoms with E-state index >= 15 is 0 Å². The second-order valence-corrected chi connectivity index (χ2v) is 5.42. The topological polar surface area (TPSA) is 69.2 Å². The third-order valence-electron chi connectivity index (χ3n) is 3.61. The summed E-state index contributed by atoms with van der Waals surface area (Å²) in [6.45, 7) is 0. The minimum atomic E-state index is -4.52. The van der Waals surface area contributed by atoms with Crippen LogP contribution >= 0.6 is 0 Å². The molecule has 0 amide bonds. The molecule has 0 aliphatic rings. The molecule has 2 aromatic heterocycles. The van der Waals surface area contributed by atoms with Gasteiger partial charge in [0.2, 0.25) is 0 Å². The Labute approximate surface area is 153 Å². The quantitative estimate of drug-likeness (QED) is 0.715. The fourth-order valence-corrected chi connectivity index (χ4v) is 2.33. The molecule has 0 radical (unpaired) electrons. The van der Waals surface area contributed by atoms with Gasteiger partial charge in [-0.2, -0.15) is 13.2 Å². The zero-order chi connectivity index (χ0) is 19.4. The van der Waals surface area contributed by atoms with Gasteiger partial charge < -0.3 is 14.8 Å². The highest BCUT2D eigenvalue weighted by Gasteiger charge is 2.32.